The Morgan fingerprint density at radius 3 is 1.61 bits per heavy atom. The van der Waals surface area contributed by atoms with Crippen molar-refractivity contribution in [2.45, 2.75) is 26.1 Å². The van der Waals surface area contributed by atoms with E-state index in [4.69, 9.17) is 9.57 Å². The summed E-state index contributed by atoms with van der Waals surface area (Å²) in [6, 6.07) is 38.6. The number of hydrogen-bond donors (Lipinski definition) is 2. The molecule has 54 heavy (non-hydrogen) atoms. The maximum Gasteiger partial charge on any atom is 0.292 e. The number of rotatable bonds is 10. The summed E-state index contributed by atoms with van der Waals surface area (Å²) in [6.45, 7) is 0.551. The molecule has 12 heteroatoms. The maximum absolute atomic E-state index is 13.7. The van der Waals surface area contributed by atoms with E-state index in [0.717, 1.165) is 22.3 Å². The van der Waals surface area contributed by atoms with Crippen molar-refractivity contribution in [2.75, 3.05) is 0 Å². The smallest absolute Gasteiger partial charge is 0.292 e. The van der Waals surface area contributed by atoms with E-state index < -0.39 is 5.56 Å². The SMILES string of the molecule is O=c1c(Cc2ccccc2)c(O)c2cncnc2n1O.O=c1c(Cc2ccccc2)c(OCc2ccccc2)c2cncnc2n1OCc1ccccc1. The Labute approximate surface area is 308 Å². The normalized spacial score (nSPS) is 10.8. The highest BCUT2D eigenvalue weighted by molar-refractivity contribution is 5.83. The molecule has 2 N–H and O–H groups in total. The van der Waals surface area contributed by atoms with Gasteiger partial charge in [-0.2, -0.15) is 0 Å². The van der Waals surface area contributed by atoms with E-state index in [2.05, 4.69) is 19.9 Å². The van der Waals surface area contributed by atoms with Crippen LogP contribution in [-0.2, 0) is 26.1 Å². The van der Waals surface area contributed by atoms with Gasteiger partial charge in [0.05, 0.1) is 21.9 Å². The average Bonchev–Trinajstić information content (AvgIpc) is 3.23. The van der Waals surface area contributed by atoms with Crippen LogP contribution in [0.1, 0.15) is 33.4 Å². The first kappa shape index (κ1) is 35.1. The number of pyridine rings is 2. The summed E-state index contributed by atoms with van der Waals surface area (Å²) in [4.78, 5) is 48.0. The van der Waals surface area contributed by atoms with Crippen LogP contribution < -0.4 is 20.7 Å². The molecule has 0 aliphatic heterocycles. The van der Waals surface area contributed by atoms with Gasteiger partial charge in [-0.15, -0.1) is 9.46 Å². The largest absolute Gasteiger partial charge is 0.507 e. The highest BCUT2D eigenvalue weighted by Crippen LogP contribution is 2.29. The molecule has 0 aliphatic carbocycles. The Kier molecular flexibility index (Phi) is 10.6. The zero-order chi connectivity index (χ0) is 37.3. The molecule has 4 heterocycles. The topological polar surface area (TPSA) is 154 Å². The lowest BCUT2D eigenvalue weighted by Gasteiger charge is -2.18. The molecule has 8 rings (SSSR count). The van der Waals surface area contributed by atoms with Gasteiger partial charge in [0.15, 0.2) is 11.3 Å². The molecular formula is C42H34N6O6. The summed E-state index contributed by atoms with van der Waals surface area (Å²) in [5.74, 6) is 0.285. The van der Waals surface area contributed by atoms with Gasteiger partial charge >= 0.3 is 0 Å². The Morgan fingerprint density at radius 1 is 0.556 bits per heavy atom. The van der Waals surface area contributed by atoms with Crippen molar-refractivity contribution in [3.05, 3.63) is 200 Å². The zero-order valence-electron chi connectivity index (χ0n) is 28.9. The Balaban J connectivity index is 0.000000191. The van der Waals surface area contributed by atoms with Crippen LogP contribution in [-0.4, -0.2) is 39.7 Å². The quantitative estimate of drug-likeness (QED) is 0.163. The van der Waals surface area contributed by atoms with Crippen molar-refractivity contribution in [3.8, 4) is 11.5 Å². The van der Waals surface area contributed by atoms with E-state index in [1.165, 1.54) is 23.6 Å². The number of nitrogens with zero attached hydrogens (tertiary/aromatic N) is 6. The minimum absolute atomic E-state index is 0.0145. The second-order valence-electron chi connectivity index (χ2n) is 12.2. The van der Waals surface area contributed by atoms with Crippen molar-refractivity contribution in [3.63, 3.8) is 0 Å². The standard InChI is InChI=1S/C28H23N3O3.C14H11N3O3/c32-28-24(16-21-10-4-1-5-11-21)26(33-18-22-12-6-2-7-13-22)25-17-29-20-30-27(25)31(28)34-19-23-14-8-3-9-15-23;18-12-10(6-9-4-2-1-3-5-9)14(19)17(20)13-11(12)7-15-8-16-13/h1-15,17,20H,16,18-19H2;1-5,7-8,18,20H,6H2. The summed E-state index contributed by atoms with van der Waals surface area (Å²) in [5, 5.41) is 20.9. The minimum Gasteiger partial charge on any atom is -0.507 e. The lowest BCUT2D eigenvalue weighted by atomic mass is 10.0. The number of aromatic nitrogens is 6. The molecule has 0 aliphatic rings. The van der Waals surface area contributed by atoms with E-state index >= 15 is 0 Å². The van der Waals surface area contributed by atoms with Crippen LogP contribution >= 0.6 is 0 Å². The van der Waals surface area contributed by atoms with Crippen molar-refractivity contribution in [2.24, 2.45) is 0 Å². The molecule has 0 amide bonds. The molecule has 8 aromatic rings. The van der Waals surface area contributed by atoms with Crippen LogP contribution in [0.15, 0.2) is 156 Å². The van der Waals surface area contributed by atoms with Crippen LogP contribution in [0.25, 0.3) is 22.1 Å². The zero-order valence-corrected chi connectivity index (χ0v) is 28.9. The van der Waals surface area contributed by atoms with Crippen LogP contribution in [0, 0.1) is 0 Å². The maximum atomic E-state index is 13.7. The van der Waals surface area contributed by atoms with E-state index in [1.54, 1.807) is 6.20 Å². The highest BCUT2D eigenvalue weighted by Gasteiger charge is 2.21. The van der Waals surface area contributed by atoms with Crippen LogP contribution in [0.5, 0.6) is 11.5 Å². The first-order valence-electron chi connectivity index (χ1n) is 17.0. The summed E-state index contributed by atoms with van der Waals surface area (Å²) < 4.78 is 7.96. The number of aromatic hydroxyl groups is 1. The molecule has 12 nitrogen and oxygen atoms in total. The molecule has 0 fully saturated rings. The lowest BCUT2D eigenvalue weighted by Crippen LogP contribution is -2.31. The first-order chi connectivity index (χ1) is 26.5. The van der Waals surface area contributed by atoms with E-state index in [1.807, 2.05) is 121 Å². The van der Waals surface area contributed by atoms with Crippen LogP contribution in [0.4, 0.5) is 0 Å². The van der Waals surface area contributed by atoms with Gasteiger partial charge in [-0.05, 0) is 22.3 Å². The molecule has 4 aromatic carbocycles. The highest BCUT2D eigenvalue weighted by atomic mass is 16.7. The molecular weight excluding hydrogens is 684 g/mol. The van der Waals surface area contributed by atoms with Crippen molar-refractivity contribution in [1.29, 1.82) is 0 Å². The third-order valence-corrected chi connectivity index (χ3v) is 8.60. The van der Waals surface area contributed by atoms with Gasteiger partial charge < -0.3 is 19.9 Å². The monoisotopic (exact) mass is 718 g/mol. The fraction of sp³-hybridized carbons (Fsp3) is 0.0952. The van der Waals surface area contributed by atoms with Gasteiger partial charge in [-0.25, -0.2) is 19.9 Å². The molecule has 0 bridgehead atoms. The second-order valence-corrected chi connectivity index (χ2v) is 12.2. The predicted octanol–water partition coefficient (Wildman–Crippen LogP) is 5.92. The lowest BCUT2D eigenvalue weighted by molar-refractivity contribution is 0.0967. The van der Waals surface area contributed by atoms with Gasteiger partial charge in [0.2, 0.25) is 0 Å². The van der Waals surface area contributed by atoms with Crippen LogP contribution in [0.3, 0.4) is 0 Å². The van der Waals surface area contributed by atoms with Gasteiger partial charge in [-0.1, -0.05) is 121 Å². The van der Waals surface area contributed by atoms with Gasteiger partial charge in [0.25, 0.3) is 11.1 Å². The molecule has 268 valence electrons. The first-order valence-corrected chi connectivity index (χ1v) is 17.0. The summed E-state index contributed by atoms with van der Waals surface area (Å²) in [6.07, 6.45) is 6.24. The number of benzene rings is 4. The number of hydrogen-bond acceptors (Lipinski definition) is 10. The second kappa shape index (κ2) is 16.3. The molecule has 0 atom stereocenters. The molecule has 0 spiro atoms. The molecule has 0 saturated carbocycles. The molecule has 0 unspecified atom stereocenters. The number of ether oxygens (including phenoxy) is 1. The van der Waals surface area contributed by atoms with E-state index in [0.29, 0.717) is 40.1 Å². The molecule has 0 saturated heterocycles. The Bertz CT molecular complexity index is 2620. The fourth-order valence-electron chi connectivity index (χ4n) is 5.91. The minimum atomic E-state index is -0.683. The van der Waals surface area contributed by atoms with Crippen molar-refractivity contribution in [1.82, 2.24) is 29.4 Å². The van der Waals surface area contributed by atoms with E-state index in [9.17, 15) is 19.9 Å². The van der Waals surface area contributed by atoms with Crippen molar-refractivity contribution < 1.29 is 19.9 Å². The fourth-order valence-corrected chi connectivity index (χ4v) is 5.91. The number of fused-ring (bicyclic) bond motifs is 2. The summed E-state index contributed by atoms with van der Waals surface area (Å²) >= 11 is 0. The van der Waals surface area contributed by atoms with Crippen LogP contribution in [0.2, 0.25) is 0 Å². The summed E-state index contributed by atoms with van der Waals surface area (Å²) in [7, 11) is 0. The van der Waals surface area contributed by atoms with Gasteiger partial charge in [0.1, 0.15) is 37.4 Å². The third-order valence-electron chi connectivity index (χ3n) is 8.60. The van der Waals surface area contributed by atoms with E-state index in [-0.39, 0.29) is 40.9 Å². The molecule has 4 aromatic heterocycles. The average molecular weight is 719 g/mol. The predicted molar refractivity (Wildman–Crippen MR) is 202 cm³/mol. The third kappa shape index (κ3) is 7.77. The van der Waals surface area contributed by atoms with Crippen molar-refractivity contribution >= 4 is 22.1 Å². The summed E-state index contributed by atoms with van der Waals surface area (Å²) in [5.41, 5.74) is 3.79. The molecule has 0 radical (unpaired) electrons. The van der Waals surface area contributed by atoms with Gasteiger partial charge in [-0.3, -0.25) is 9.59 Å². The van der Waals surface area contributed by atoms with Gasteiger partial charge in [0, 0.05) is 25.2 Å². The Morgan fingerprint density at radius 2 is 1.04 bits per heavy atom. The Hall–Kier alpha value is -7.34.